The third-order valence-corrected chi connectivity index (χ3v) is 8.41. The molecular formula is C25H36N2O. The Morgan fingerprint density at radius 3 is 2.43 bits per heavy atom. The second-order valence-corrected chi connectivity index (χ2v) is 9.77. The Balaban J connectivity index is 1.23. The van der Waals surface area contributed by atoms with Crippen LogP contribution in [0, 0.1) is 11.8 Å². The smallest absolute Gasteiger partial charge is 0.234 e. The SMILES string of the molecule is CCC1C(=O)N(C2CCN(C3CCC4CCCCC4C3)CC2)c2ccccc21. The first-order valence-corrected chi connectivity index (χ1v) is 11.9. The molecule has 5 rings (SSSR count). The van der Waals surface area contributed by atoms with Crippen LogP contribution in [-0.2, 0) is 4.79 Å². The van der Waals surface area contributed by atoms with Gasteiger partial charge in [0.05, 0.1) is 5.92 Å². The van der Waals surface area contributed by atoms with Crippen molar-refractivity contribution in [3.8, 4) is 0 Å². The van der Waals surface area contributed by atoms with Gasteiger partial charge in [0.15, 0.2) is 0 Å². The van der Waals surface area contributed by atoms with E-state index in [-0.39, 0.29) is 5.92 Å². The van der Waals surface area contributed by atoms with E-state index in [9.17, 15) is 4.79 Å². The van der Waals surface area contributed by atoms with Gasteiger partial charge >= 0.3 is 0 Å². The lowest BCUT2D eigenvalue weighted by Gasteiger charge is -2.46. The number of nitrogens with zero attached hydrogens (tertiary/aromatic N) is 2. The predicted octanol–water partition coefficient (Wildman–Crippen LogP) is 5.35. The van der Waals surface area contributed by atoms with Crippen molar-refractivity contribution in [2.45, 2.75) is 89.1 Å². The third kappa shape index (κ3) is 3.20. The molecule has 0 spiro atoms. The van der Waals surface area contributed by atoms with Gasteiger partial charge in [-0.2, -0.15) is 0 Å². The fourth-order valence-corrected chi connectivity index (χ4v) is 6.88. The van der Waals surface area contributed by atoms with Gasteiger partial charge < -0.3 is 9.80 Å². The van der Waals surface area contributed by atoms with Gasteiger partial charge in [-0.1, -0.05) is 50.8 Å². The van der Waals surface area contributed by atoms with Gasteiger partial charge in [-0.15, -0.1) is 0 Å². The van der Waals surface area contributed by atoms with E-state index in [0.717, 1.165) is 37.1 Å². The second kappa shape index (κ2) is 7.82. The van der Waals surface area contributed by atoms with E-state index in [4.69, 9.17) is 0 Å². The number of carbonyl (C=O) groups is 1. The molecule has 2 aliphatic heterocycles. The first kappa shape index (κ1) is 18.7. The molecule has 0 bridgehead atoms. The summed E-state index contributed by atoms with van der Waals surface area (Å²) in [4.78, 5) is 18.1. The molecule has 1 aromatic rings. The maximum Gasteiger partial charge on any atom is 0.234 e. The number of amides is 1. The number of hydrogen-bond donors (Lipinski definition) is 0. The monoisotopic (exact) mass is 380 g/mol. The minimum absolute atomic E-state index is 0.0795. The molecule has 0 radical (unpaired) electrons. The van der Waals surface area contributed by atoms with Gasteiger partial charge in [0.1, 0.15) is 0 Å². The van der Waals surface area contributed by atoms with Gasteiger partial charge in [-0.25, -0.2) is 0 Å². The number of piperidine rings is 1. The van der Waals surface area contributed by atoms with E-state index in [1.54, 1.807) is 0 Å². The molecular weight excluding hydrogens is 344 g/mol. The molecule has 0 N–H and O–H groups in total. The van der Waals surface area contributed by atoms with E-state index < -0.39 is 0 Å². The van der Waals surface area contributed by atoms with Crippen LogP contribution in [0.3, 0.4) is 0 Å². The largest absolute Gasteiger partial charge is 0.308 e. The summed E-state index contributed by atoms with van der Waals surface area (Å²) in [5.41, 5.74) is 2.45. The average Bonchev–Trinajstić information content (AvgIpc) is 3.04. The Labute approximate surface area is 170 Å². The normalized spacial score (nSPS) is 34.3. The molecule has 28 heavy (non-hydrogen) atoms. The molecule has 0 aromatic heterocycles. The van der Waals surface area contributed by atoms with Crippen molar-refractivity contribution in [2.75, 3.05) is 18.0 Å². The fourth-order valence-electron chi connectivity index (χ4n) is 6.88. The minimum Gasteiger partial charge on any atom is -0.308 e. The second-order valence-electron chi connectivity index (χ2n) is 9.77. The van der Waals surface area contributed by atoms with Crippen molar-refractivity contribution in [3.05, 3.63) is 29.8 Å². The summed E-state index contributed by atoms with van der Waals surface area (Å²) < 4.78 is 0. The molecule has 2 heterocycles. The van der Waals surface area contributed by atoms with Gasteiger partial charge in [-0.3, -0.25) is 4.79 Å². The fraction of sp³-hybridized carbons (Fsp3) is 0.720. The van der Waals surface area contributed by atoms with Crippen LogP contribution in [0.5, 0.6) is 0 Å². The van der Waals surface area contributed by atoms with E-state index >= 15 is 0 Å². The molecule has 3 nitrogen and oxygen atoms in total. The maximum absolute atomic E-state index is 13.1. The molecule has 3 heteroatoms. The molecule has 152 valence electrons. The predicted molar refractivity (Wildman–Crippen MR) is 115 cm³/mol. The number of carbonyl (C=O) groups excluding carboxylic acids is 1. The van der Waals surface area contributed by atoms with Crippen molar-refractivity contribution in [2.24, 2.45) is 11.8 Å². The molecule has 4 atom stereocenters. The lowest BCUT2D eigenvalue weighted by atomic mass is 9.69. The first-order valence-electron chi connectivity index (χ1n) is 11.9. The van der Waals surface area contributed by atoms with Gasteiger partial charge in [0.2, 0.25) is 5.91 Å². The van der Waals surface area contributed by atoms with Crippen molar-refractivity contribution >= 4 is 11.6 Å². The summed E-state index contributed by atoms with van der Waals surface area (Å²) >= 11 is 0. The quantitative estimate of drug-likeness (QED) is 0.706. The highest BCUT2D eigenvalue weighted by Gasteiger charge is 2.42. The summed E-state index contributed by atoms with van der Waals surface area (Å²) in [7, 11) is 0. The molecule has 2 aliphatic carbocycles. The third-order valence-electron chi connectivity index (χ3n) is 8.41. The van der Waals surface area contributed by atoms with Crippen LogP contribution in [-0.4, -0.2) is 36.0 Å². The van der Waals surface area contributed by atoms with E-state index in [2.05, 4.69) is 41.0 Å². The van der Waals surface area contributed by atoms with E-state index in [0.29, 0.717) is 11.9 Å². The van der Waals surface area contributed by atoms with Crippen molar-refractivity contribution in [3.63, 3.8) is 0 Å². The number of hydrogen-bond acceptors (Lipinski definition) is 2. The zero-order valence-electron chi connectivity index (χ0n) is 17.5. The zero-order valence-corrected chi connectivity index (χ0v) is 17.5. The highest BCUT2D eigenvalue weighted by molar-refractivity contribution is 6.05. The van der Waals surface area contributed by atoms with Crippen LogP contribution in [0.1, 0.15) is 82.6 Å². The number of anilines is 1. The Morgan fingerprint density at radius 1 is 0.893 bits per heavy atom. The summed E-state index contributed by atoms with van der Waals surface area (Å²) in [6.45, 7) is 4.50. The lowest BCUT2D eigenvalue weighted by Crippen LogP contribution is -2.51. The molecule has 1 amide bonds. The molecule has 4 aliphatic rings. The van der Waals surface area contributed by atoms with E-state index in [1.165, 1.54) is 69.3 Å². The van der Waals surface area contributed by atoms with Gasteiger partial charge in [-0.05, 0) is 62.0 Å². The summed E-state index contributed by atoms with van der Waals surface area (Å²) in [5, 5.41) is 0. The highest BCUT2D eigenvalue weighted by atomic mass is 16.2. The Kier molecular flexibility index (Phi) is 5.21. The Morgan fingerprint density at radius 2 is 1.64 bits per heavy atom. The summed E-state index contributed by atoms with van der Waals surface area (Å²) in [5.74, 6) is 2.47. The topological polar surface area (TPSA) is 23.6 Å². The standard InChI is InChI=1S/C25H36N2O/c1-2-22-23-9-5-6-10-24(23)27(25(22)28)20-13-15-26(16-14-20)21-12-11-18-7-3-4-8-19(18)17-21/h5-6,9-10,18-22H,2-4,7-8,11-17H2,1H3. The number of likely N-dealkylation sites (tertiary alicyclic amines) is 1. The van der Waals surface area contributed by atoms with Crippen LogP contribution in [0.15, 0.2) is 24.3 Å². The first-order chi connectivity index (χ1) is 13.8. The Bertz CT molecular complexity index is 708. The number of para-hydroxylation sites is 1. The van der Waals surface area contributed by atoms with Gasteiger partial charge in [0, 0.05) is 30.9 Å². The summed E-state index contributed by atoms with van der Waals surface area (Å²) in [6, 6.07) is 9.72. The average molecular weight is 381 g/mol. The molecule has 1 aromatic carbocycles. The maximum atomic E-state index is 13.1. The number of fused-ring (bicyclic) bond motifs is 2. The van der Waals surface area contributed by atoms with Crippen LogP contribution in [0.4, 0.5) is 5.69 Å². The molecule has 3 fully saturated rings. The lowest BCUT2D eigenvalue weighted by molar-refractivity contribution is -0.120. The van der Waals surface area contributed by atoms with Crippen molar-refractivity contribution < 1.29 is 4.79 Å². The number of benzene rings is 1. The van der Waals surface area contributed by atoms with Crippen LogP contribution < -0.4 is 4.90 Å². The Hall–Kier alpha value is -1.35. The van der Waals surface area contributed by atoms with Crippen molar-refractivity contribution in [1.82, 2.24) is 4.90 Å². The molecule has 2 saturated carbocycles. The summed E-state index contributed by atoms with van der Waals surface area (Å²) in [6.07, 6.45) is 13.4. The molecule has 1 saturated heterocycles. The molecule has 4 unspecified atom stereocenters. The van der Waals surface area contributed by atoms with Crippen LogP contribution in [0.2, 0.25) is 0 Å². The van der Waals surface area contributed by atoms with Crippen LogP contribution in [0.25, 0.3) is 0 Å². The van der Waals surface area contributed by atoms with E-state index in [1.807, 2.05) is 0 Å². The number of rotatable bonds is 3. The van der Waals surface area contributed by atoms with Crippen molar-refractivity contribution in [1.29, 1.82) is 0 Å². The van der Waals surface area contributed by atoms with Crippen LogP contribution >= 0.6 is 0 Å². The highest BCUT2D eigenvalue weighted by Crippen LogP contribution is 2.44. The minimum atomic E-state index is 0.0795. The zero-order chi connectivity index (χ0) is 19.1. The van der Waals surface area contributed by atoms with Gasteiger partial charge in [0.25, 0.3) is 0 Å².